The summed E-state index contributed by atoms with van der Waals surface area (Å²) in [5, 5.41) is 9.43. The third kappa shape index (κ3) is 3.68. The molecule has 7 heteroatoms. The normalized spacial score (nSPS) is 16.1. The van der Waals surface area contributed by atoms with E-state index in [9.17, 15) is 14.4 Å². The van der Waals surface area contributed by atoms with Gasteiger partial charge in [0.05, 0.1) is 5.69 Å². The van der Waals surface area contributed by atoms with E-state index in [1.54, 1.807) is 24.3 Å². The number of H-pyrrole nitrogens is 1. The maximum Gasteiger partial charge on any atom is 0.308 e. The third-order valence-electron chi connectivity index (χ3n) is 3.89. The zero-order valence-electron chi connectivity index (χ0n) is 13.2. The lowest BCUT2D eigenvalue weighted by atomic mass is 9.92. The third-order valence-corrected chi connectivity index (χ3v) is 3.89. The number of aromatic nitrogens is 2. The Morgan fingerprint density at radius 2 is 2.04 bits per heavy atom. The van der Waals surface area contributed by atoms with Crippen LogP contribution in [0.2, 0.25) is 0 Å². The van der Waals surface area contributed by atoms with Crippen LogP contribution in [0, 0.1) is 0 Å². The van der Waals surface area contributed by atoms with E-state index in [1.807, 2.05) is 0 Å². The van der Waals surface area contributed by atoms with Crippen molar-refractivity contribution in [2.75, 3.05) is 0 Å². The molecule has 0 bridgehead atoms. The first-order valence-corrected chi connectivity index (χ1v) is 7.68. The molecule has 1 aromatic heterocycles. The SMILES string of the molecule is CC(=O)Oc1ccc(C(=O)NC2CCc3n[nH]c(=O)cc3C2)cc1. The van der Waals surface area contributed by atoms with Crippen LogP contribution < -0.4 is 15.6 Å². The minimum Gasteiger partial charge on any atom is -0.427 e. The van der Waals surface area contributed by atoms with Crippen LogP contribution in [-0.4, -0.2) is 28.1 Å². The summed E-state index contributed by atoms with van der Waals surface area (Å²) in [6, 6.07) is 7.87. The summed E-state index contributed by atoms with van der Waals surface area (Å²) in [5.41, 5.74) is 2.01. The molecule has 0 saturated carbocycles. The van der Waals surface area contributed by atoms with Gasteiger partial charge in [-0.2, -0.15) is 5.10 Å². The molecule has 1 aromatic carbocycles. The predicted octanol–water partition coefficient (Wildman–Crippen LogP) is 0.982. The molecule has 7 nitrogen and oxygen atoms in total. The number of rotatable bonds is 3. The number of aromatic amines is 1. The summed E-state index contributed by atoms with van der Waals surface area (Å²) >= 11 is 0. The highest BCUT2D eigenvalue weighted by Gasteiger charge is 2.22. The van der Waals surface area contributed by atoms with Gasteiger partial charge < -0.3 is 10.1 Å². The average molecular weight is 327 g/mol. The van der Waals surface area contributed by atoms with Crippen LogP contribution in [0.5, 0.6) is 5.75 Å². The largest absolute Gasteiger partial charge is 0.427 e. The van der Waals surface area contributed by atoms with Crippen molar-refractivity contribution in [2.45, 2.75) is 32.2 Å². The molecule has 24 heavy (non-hydrogen) atoms. The molecule has 2 N–H and O–H groups in total. The Kier molecular flexibility index (Phi) is 4.41. The van der Waals surface area contributed by atoms with Crippen molar-refractivity contribution in [3.63, 3.8) is 0 Å². The second kappa shape index (κ2) is 6.66. The van der Waals surface area contributed by atoms with Gasteiger partial charge in [0.2, 0.25) is 0 Å². The van der Waals surface area contributed by atoms with Crippen molar-refractivity contribution in [3.05, 3.63) is 57.5 Å². The van der Waals surface area contributed by atoms with E-state index >= 15 is 0 Å². The summed E-state index contributed by atoms with van der Waals surface area (Å²) < 4.78 is 4.94. The summed E-state index contributed by atoms with van der Waals surface area (Å²) in [4.78, 5) is 34.6. The Hall–Kier alpha value is -2.96. The molecule has 0 radical (unpaired) electrons. The van der Waals surface area contributed by atoms with Gasteiger partial charge in [-0.05, 0) is 49.1 Å². The fourth-order valence-electron chi connectivity index (χ4n) is 2.77. The van der Waals surface area contributed by atoms with Crippen molar-refractivity contribution >= 4 is 11.9 Å². The number of esters is 1. The minimum absolute atomic E-state index is 0.0400. The van der Waals surface area contributed by atoms with Gasteiger partial charge in [0, 0.05) is 24.6 Å². The smallest absolute Gasteiger partial charge is 0.308 e. The van der Waals surface area contributed by atoms with Crippen molar-refractivity contribution in [1.82, 2.24) is 15.5 Å². The van der Waals surface area contributed by atoms with E-state index in [1.165, 1.54) is 13.0 Å². The molecule has 1 aliphatic rings. The molecule has 1 heterocycles. The summed E-state index contributed by atoms with van der Waals surface area (Å²) in [6.45, 7) is 1.32. The van der Waals surface area contributed by atoms with E-state index < -0.39 is 5.97 Å². The molecule has 0 saturated heterocycles. The molecule has 0 aliphatic heterocycles. The topological polar surface area (TPSA) is 101 Å². The van der Waals surface area contributed by atoms with Crippen LogP contribution in [0.3, 0.4) is 0 Å². The number of aryl methyl sites for hydroxylation is 1. The molecular formula is C17H17N3O4. The average Bonchev–Trinajstić information content (AvgIpc) is 2.54. The van der Waals surface area contributed by atoms with E-state index in [0.29, 0.717) is 24.2 Å². The molecule has 3 rings (SSSR count). The Bertz CT molecular complexity index is 826. The van der Waals surface area contributed by atoms with Crippen molar-refractivity contribution in [2.24, 2.45) is 0 Å². The predicted molar refractivity (Wildman–Crippen MR) is 85.9 cm³/mol. The summed E-state index contributed by atoms with van der Waals surface area (Å²) in [7, 11) is 0. The first kappa shape index (κ1) is 15.9. The van der Waals surface area contributed by atoms with Crippen LogP contribution in [-0.2, 0) is 17.6 Å². The lowest BCUT2D eigenvalue weighted by Gasteiger charge is -2.24. The maximum absolute atomic E-state index is 12.3. The Morgan fingerprint density at radius 1 is 1.29 bits per heavy atom. The van der Waals surface area contributed by atoms with Crippen LogP contribution in [0.15, 0.2) is 35.1 Å². The molecule has 0 spiro atoms. The van der Waals surface area contributed by atoms with Gasteiger partial charge in [-0.1, -0.05) is 0 Å². The second-order valence-electron chi connectivity index (χ2n) is 5.74. The van der Waals surface area contributed by atoms with Crippen molar-refractivity contribution < 1.29 is 14.3 Å². The van der Waals surface area contributed by atoms with Crippen LogP contribution in [0.25, 0.3) is 0 Å². The van der Waals surface area contributed by atoms with Gasteiger partial charge in [-0.3, -0.25) is 14.4 Å². The van der Waals surface area contributed by atoms with E-state index in [0.717, 1.165) is 17.7 Å². The zero-order chi connectivity index (χ0) is 17.1. The lowest BCUT2D eigenvalue weighted by molar-refractivity contribution is -0.131. The highest BCUT2D eigenvalue weighted by molar-refractivity contribution is 5.94. The zero-order valence-corrected chi connectivity index (χ0v) is 13.2. The van der Waals surface area contributed by atoms with Gasteiger partial charge in [-0.15, -0.1) is 0 Å². The van der Waals surface area contributed by atoms with Gasteiger partial charge >= 0.3 is 5.97 Å². The molecule has 1 unspecified atom stereocenters. The van der Waals surface area contributed by atoms with E-state index in [-0.39, 0.29) is 17.5 Å². The lowest BCUT2D eigenvalue weighted by Crippen LogP contribution is -2.39. The number of hydrogen-bond donors (Lipinski definition) is 2. The first-order chi connectivity index (χ1) is 11.5. The molecule has 124 valence electrons. The summed E-state index contributed by atoms with van der Waals surface area (Å²) in [6.07, 6.45) is 2.06. The second-order valence-corrected chi connectivity index (χ2v) is 5.74. The van der Waals surface area contributed by atoms with Gasteiger partial charge in [0.15, 0.2) is 0 Å². The first-order valence-electron chi connectivity index (χ1n) is 7.68. The number of amides is 1. The molecule has 2 aromatic rings. The van der Waals surface area contributed by atoms with Crippen molar-refractivity contribution in [3.8, 4) is 5.75 Å². The maximum atomic E-state index is 12.3. The highest BCUT2D eigenvalue weighted by atomic mass is 16.5. The van der Waals surface area contributed by atoms with Gasteiger partial charge in [0.1, 0.15) is 5.75 Å². The number of carbonyl (C=O) groups is 2. The van der Waals surface area contributed by atoms with Crippen LogP contribution in [0.1, 0.15) is 35.0 Å². The number of benzene rings is 1. The number of carbonyl (C=O) groups excluding carboxylic acids is 2. The molecular weight excluding hydrogens is 310 g/mol. The highest BCUT2D eigenvalue weighted by Crippen LogP contribution is 2.18. The van der Waals surface area contributed by atoms with Crippen LogP contribution in [0.4, 0.5) is 0 Å². The fourth-order valence-corrected chi connectivity index (χ4v) is 2.77. The minimum atomic E-state index is -0.406. The standard InChI is InChI=1S/C17H17N3O4/c1-10(21)24-14-5-2-11(3-6-14)17(23)18-13-4-7-15-12(8-13)9-16(22)20-19-15/h2-3,5-6,9,13H,4,7-8H2,1H3,(H,18,23)(H,20,22). The van der Waals surface area contributed by atoms with Gasteiger partial charge in [-0.25, -0.2) is 5.10 Å². The van der Waals surface area contributed by atoms with Crippen LogP contribution >= 0.6 is 0 Å². The van der Waals surface area contributed by atoms with Gasteiger partial charge in [0.25, 0.3) is 11.5 Å². The van der Waals surface area contributed by atoms with E-state index in [4.69, 9.17) is 4.74 Å². The molecule has 1 atom stereocenters. The quantitative estimate of drug-likeness (QED) is 0.646. The monoisotopic (exact) mass is 327 g/mol. The fraction of sp³-hybridized carbons (Fsp3) is 0.294. The van der Waals surface area contributed by atoms with E-state index in [2.05, 4.69) is 15.5 Å². The number of nitrogens with one attached hydrogen (secondary N) is 2. The molecule has 1 amide bonds. The number of nitrogens with zero attached hydrogens (tertiary/aromatic N) is 1. The number of hydrogen-bond acceptors (Lipinski definition) is 5. The summed E-state index contributed by atoms with van der Waals surface area (Å²) in [5.74, 6) is -0.205. The number of ether oxygens (including phenoxy) is 1. The Labute approximate surface area is 138 Å². The number of fused-ring (bicyclic) bond motifs is 1. The molecule has 0 fully saturated rings. The van der Waals surface area contributed by atoms with Crippen molar-refractivity contribution in [1.29, 1.82) is 0 Å². The Morgan fingerprint density at radius 3 is 2.75 bits per heavy atom. The molecule has 1 aliphatic carbocycles. The Balaban J connectivity index is 1.65.